The summed E-state index contributed by atoms with van der Waals surface area (Å²) in [7, 11) is 5.64. The molecule has 0 fully saturated rings. The van der Waals surface area contributed by atoms with Gasteiger partial charge in [0.05, 0.1) is 22.0 Å². The molecule has 1 aliphatic rings. The average molecular weight is 835 g/mol. The first kappa shape index (κ1) is 40.3. The second-order valence-corrected chi connectivity index (χ2v) is 15.8. The van der Waals surface area contributed by atoms with Gasteiger partial charge in [0.1, 0.15) is 23.9 Å². The van der Waals surface area contributed by atoms with Crippen LogP contribution in [0.3, 0.4) is 0 Å². The smallest absolute Gasteiger partial charge is 0.358 e. The van der Waals surface area contributed by atoms with Gasteiger partial charge >= 0.3 is 6.18 Å². The Morgan fingerprint density at radius 2 is 1.81 bits per heavy atom. The zero-order chi connectivity index (χ0) is 41.0. The van der Waals surface area contributed by atoms with Crippen molar-refractivity contribution >= 4 is 61.4 Å². The van der Waals surface area contributed by atoms with E-state index in [4.69, 9.17) is 9.97 Å². The van der Waals surface area contributed by atoms with Crippen LogP contribution in [0, 0.1) is 11.6 Å². The van der Waals surface area contributed by atoms with E-state index in [2.05, 4.69) is 25.6 Å². The molecule has 1 amide bonds. The number of nitrogens with one attached hydrogen (secondary N) is 3. The number of carbonyl (C=O) groups is 1. The number of fused-ring (bicyclic) bond motifs is 3. The maximum absolute atomic E-state index is 15.0. The molecule has 4 heterocycles. The average Bonchev–Trinajstić information content (AvgIpc) is 3.85. The number of carbonyl (C=O) groups excluding carboxylic acids is 1. The van der Waals surface area contributed by atoms with Gasteiger partial charge in [0.15, 0.2) is 22.3 Å². The number of aryl methyl sites for hydroxylation is 1. The molecule has 20 heteroatoms. The Morgan fingerprint density at radius 1 is 1.07 bits per heavy atom. The van der Waals surface area contributed by atoms with Crippen molar-refractivity contribution in [1.29, 1.82) is 0 Å². The summed E-state index contributed by atoms with van der Waals surface area (Å²) in [5.74, 6) is -5.84. The minimum atomic E-state index is -5.03. The molecule has 0 radical (unpaired) electrons. The fourth-order valence-corrected chi connectivity index (χ4v) is 8.70. The number of pyridine rings is 1. The van der Waals surface area contributed by atoms with Crippen LogP contribution in [0.15, 0.2) is 42.5 Å². The van der Waals surface area contributed by atoms with Gasteiger partial charge in [-0.2, -0.15) is 32.1 Å². The molecule has 0 aliphatic heterocycles. The lowest BCUT2D eigenvalue weighted by Gasteiger charge is -2.23. The topological polar surface area (TPSA) is 118 Å². The molecule has 0 saturated carbocycles. The summed E-state index contributed by atoms with van der Waals surface area (Å²) in [4.78, 5) is 25.6. The molecule has 11 nitrogen and oxygen atoms in total. The van der Waals surface area contributed by atoms with E-state index >= 15 is 8.78 Å². The molecular formula is C37H37F7N10OS2. The van der Waals surface area contributed by atoms with Crippen LogP contribution in [0.1, 0.15) is 47.6 Å². The van der Waals surface area contributed by atoms with E-state index < -0.39 is 72.0 Å². The molecule has 3 N–H and O–H groups in total. The van der Waals surface area contributed by atoms with Crippen molar-refractivity contribution in [3.63, 3.8) is 0 Å². The SMILES string of the molecule is CSNc1nn(C)c2c(-c3cc4sc(NC(C)CN(C)C)nc4nc3C(Cc3cc(F)cc(F)c3)NC(=O)Cn3nc(C(F)(F)F)c4c3C(F)(F)CC4)cccc12. The van der Waals surface area contributed by atoms with Crippen LogP contribution in [0.25, 0.3) is 32.4 Å². The van der Waals surface area contributed by atoms with Gasteiger partial charge in [-0.15, -0.1) is 0 Å². The number of halogens is 7. The largest absolute Gasteiger partial charge is 0.435 e. The van der Waals surface area contributed by atoms with Crippen molar-refractivity contribution in [3.05, 3.63) is 82.3 Å². The lowest BCUT2D eigenvalue weighted by molar-refractivity contribution is -0.142. The summed E-state index contributed by atoms with van der Waals surface area (Å²) in [6.07, 6.45) is -4.87. The quantitative estimate of drug-likeness (QED) is 0.0788. The first-order chi connectivity index (χ1) is 26.9. The number of anilines is 2. The fraction of sp³-hybridized carbons (Fsp3) is 0.378. The lowest BCUT2D eigenvalue weighted by Crippen LogP contribution is -2.35. The Kier molecular flexibility index (Phi) is 10.9. The Hall–Kier alpha value is -4.95. The van der Waals surface area contributed by atoms with E-state index in [1.165, 1.54) is 23.3 Å². The third kappa shape index (κ3) is 8.25. The van der Waals surface area contributed by atoms with Crippen molar-refractivity contribution in [2.75, 3.05) is 36.9 Å². The fourth-order valence-electron chi connectivity index (χ4n) is 7.40. The van der Waals surface area contributed by atoms with Crippen LogP contribution in [0.2, 0.25) is 0 Å². The highest BCUT2D eigenvalue weighted by Crippen LogP contribution is 2.46. The second kappa shape index (κ2) is 15.4. The van der Waals surface area contributed by atoms with Gasteiger partial charge in [-0.05, 0) is 63.7 Å². The number of para-hydroxylation sites is 1. The number of alkyl halides is 5. The summed E-state index contributed by atoms with van der Waals surface area (Å²) in [5.41, 5.74) is -0.745. The van der Waals surface area contributed by atoms with Gasteiger partial charge in [-0.1, -0.05) is 35.4 Å². The minimum Gasteiger partial charge on any atom is -0.358 e. The third-order valence-corrected chi connectivity index (χ3v) is 10.8. The Bertz CT molecular complexity index is 2460. The maximum Gasteiger partial charge on any atom is 0.435 e. The van der Waals surface area contributed by atoms with Crippen molar-refractivity contribution in [2.45, 2.75) is 56.9 Å². The number of likely N-dealkylation sites (N-methyl/N-ethyl adjacent to an activating group) is 1. The Morgan fingerprint density at radius 3 is 2.49 bits per heavy atom. The third-order valence-electron chi connectivity index (χ3n) is 9.45. The highest BCUT2D eigenvalue weighted by atomic mass is 32.2. The molecule has 57 heavy (non-hydrogen) atoms. The van der Waals surface area contributed by atoms with Gasteiger partial charge in [0, 0.05) is 60.5 Å². The summed E-state index contributed by atoms with van der Waals surface area (Å²) < 4.78 is 107. The van der Waals surface area contributed by atoms with Crippen molar-refractivity contribution in [2.24, 2.45) is 7.05 Å². The van der Waals surface area contributed by atoms with Crippen LogP contribution < -0.4 is 15.4 Å². The van der Waals surface area contributed by atoms with Crippen LogP contribution in [0.5, 0.6) is 0 Å². The summed E-state index contributed by atoms with van der Waals surface area (Å²) in [6, 6.07) is 8.97. The molecule has 302 valence electrons. The molecule has 0 bridgehead atoms. The highest BCUT2D eigenvalue weighted by Gasteiger charge is 2.50. The molecule has 4 aromatic heterocycles. The van der Waals surface area contributed by atoms with E-state index in [1.54, 1.807) is 11.7 Å². The number of aromatic nitrogens is 6. The van der Waals surface area contributed by atoms with E-state index in [0.717, 1.165) is 17.5 Å². The van der Waals surface area contributed by atoms with Gasteiger partial charge in [0.25, 0.3) is 5.92 Å². The molecule has 2 atom stereocenters. The molecule has 1 aliphatic carbocycles. The van der Waals surface area contributed by atoms with Gasteiger partial charge in [-0.3, -0.25) is 14.2 Å². The number of benzene rings is 2. The van der Waals surface area contributed by atoms with E-state index in [-0.39, 0.29) is 29.4 Å². The lowest BCUT2D eigenvalue weighted by atomic mass is 9.94. The van der Waals surface area contributed by atoms with E-state index in [0.29, 0.717) is 49.6 Å². The monoisotopic (exact) mass is 834 g/mol. The standard InChI is InChI=1S/C37H37F7N10OS2/c1-18(16-52(2)3)45-35-48-34-27(57-35)15-25(22-7-6-8-23-30(22)53(4)50-33(23)51-56-5)29(47-34)26(13-19-11-20(38)14-21(39)12-19)46-28(55)17-54-32-24(9-10-36(32,40)41)31(49-54)37(42,43)44/h6-8,11-12,14-15,18,26H,9-10,13,16-17H2,1-5H3,(H,46,55)(H,50,51)(H,45,47,48). The first-order valence-electron chi connectivity index (χ1n) is 17.7. The van der Waals surface area contributed by atoms with Crippen LogP contribution in [0.4, 0.5) is 41.7 Å². The van der Waals surface area contributed by atoms with Crippen LogP contribution in [-0.4, -0.2) is 73.3 Å². The summed E-state index contributed by atoms with van der Waals surface area (Å²) >= 11 is 2.69. The number of hydrogen-bond donors (Lipinski definition) is 3. The Balaban J connectivity index is 1.38. The van der Waals surface area contributed by atoms with Crippen molar-refractivity contribution in [3.8, 4) is 11.1 Å². The molecule has 2 unspecified atom stereocenters. The first-order valence-corrected chi connectivity index (χ1v) is 19.7. The van der Waals surface area contributed by atoms with Crippen molar-refractivity contribution < 1.29 is 35.5 Å². The van der Waals surface area contributed by atoms with E-state index in [9.17, 15) is 26.7 Å². The predicted octanol–water partition coefficient (Wildman–Crippen LogP) is 7.93. The maximum atomic E-state index is 15.0. The second-order valence-electron chi connectivity index (χ2n) is 14.2. The summed E-state index contributed by atoms with van der Waals surface area (Å²) in [5, 5.41) is 15.5. The Labute approximate surface area is 330 Å². The molecular weight excluding hydrogens is 798 g/mol. The van der Waals surface area contributed by atoms with Crippen LogP contribution >= 0.6 is 23.3 Å². The van der Waals surface area contributed by atoms with Gasteiger partial charge in [-0.25, -0.2) is 18.7 Å². The molecule has 6 aromatic rings. The number of thiazole rings is 1. The molecule has 0 saturated heterocycles. The minimum absolute atomic E-state index is 0.00561. The van der Waals surface area contributed by atoms with Gasteiger partial charge < -0.3 is 20.3 Å². The number of nitrogens with zero attached hydrogens (tertiary/aromatic N) is 7. The predicted molar refractivity (Wildman–Crippen MR) is 206 cm³/mol. The molecule has 7 rings (SSSR count). The molecule has 2 aromatic carbocycles. The van der Waals surface area contributed by atoms with Gasteiger partial charge in [0.2, 0.25) is 5.91 Å². The molecule has 0 spiro atoms. The zero-order valence-corrected chi connectivity index (χ0v) is 32.9. The van der Waals surface area contributed by atoms with E-state index in [1.807, 2.05) is 56.4 Å². The zero-order valence-electron chi connectivity index (χ0n) is 31.2. The highest BCUT2D eigenvalue weighted by molar-refractivity contribution is 7.99. The van der Waals surface area contributed by atoms with Crippen molar-refractivity contribution in [1.82, 2.24) is 39.7 Å². The number of rotatable bonds is 13. The number of amides is 1. The van der Waals surface area contributed by atoms with Crippen LogP contribution in [-0.2, 0) is 43.3 Å². The summed E-state index contributed by atoms with van der Waals surface area (Å²) in [6.45, 7) is 1.68. The normalized spacial score (nSPS) is 15.0. The number of hydrogen-bond acceptors (Lipinski definition) is 10.